The zero-order valence-electron chi connectivity index (χ0n) is 3.69. The van der Waals surface area contributed by atoms with Crippen LogP contribution in [-0.2, 0) is 4.43 Å². The summed E-state index contributed by atoms with van der Waals surface area (Å²) < 4.78 is 4.77. The molecule has 0 atom stereocenters. The summed E-state index contributed by atoms with van der Waals surface area (Å²) >= 11 is 0. The molecule has 0 aliphatic rings. The molecule has 2 radical (unpaired) electrons. The molecule has 0 amide bonds. The van der Waals surface area contributed by atoms with Gasteiger partial charge in [-0.05, 0) is 6.55 Å². The third-order valence-corrected chi connectivity index (χ3v) is 0.733. The van der Waals surface area contributed by atoms with Gasteiger partial charge in [0.25, 0.3) is 0 Å². The van der Waals surface area contributed by atoms with Crippen molar-refractivity contribution in [2.24, 2.45) is 0 Å². The second-order valence-corrected chi connectivity index (χ2v) is 1.39. The quantitative estimate of drug-likeness (QED) is 0.274. The Kier molecular flexibility index (Phi) is 4.53. The summed E-state index contributed by atoms with van der Waals surface area (Å²) in [6.45, 7) is 2.40. The van der Waals surface area contributed by atoms with Crippen LogP contribution < -0.4 is 0 Å². The van der Waals surface area contributed by atoms with Crippen molar-refractivity contribution >= 4 is 9.76 Å². The van der Waals surface area contributed by atoms with Crippen LogP contribution in [-0.4, -0.2) is 16.4 Å². The molecule has 0 aliphatic carbocycles. The van der Waals surface area contributed by atoms with E-state index in [0.29, 0.717) is 16.4 Å². The molecule has 2 heteroatoms. The lowest BCUT2D eigenvalue weighted by atomic mass is 10.8. The van der Waals surface area contributed by atoms with E-state index in [2.05, 4.69) is 5.92 Å². The molecule has 0 N–H and O–H groups in total. The van der Waals surface area contributed by atoms with Crippen LogP contribution >= 0.6 is 0 Å². The molecule has 0 rings (SSSR count). The van der Waals surface area contributed by atoms with Gasteiger partial charge in [0, 0.05) is 0 Å². The van der Waals surface area contributed by atoms with Crippen LogP contribution in [0.4, 0.5) is 0 Å². The second kappa shape index (κ2) is 4.74. The van der Waals surface area contributed by atoms with Gasteiger partial charge in [-0.3, -0.25) is 0 Å². The van der Waals surface area contributed by atoms with Crippen molar-refractivity contribution < 1.29 is 4.43 Å². The maximum Gasteiger partial charge on any atom is 0.227 e. The average Bonchev–Trinajstić information content (AvgIpc) is 1.61. The van der Waals surface area contributed by atoms with Crippen molar-refractivity contribution in [1.29, 1.82) is 0 Å². The molecule has 32 valence electrons. The molecule has 0 heterocycles. The lowest BCUT2D eigenvalue weighted by Gasteiger charge is -1.84. The molecule has 0 fully saturated rings. The van der Waals surface area contributed by atoms with E-state index in [9.17, 15) is 0 Å². The molecule has 0 saturated heterocycles. The van der Waals surface area contributed by atoms with Crippen LogP contribution in [0.5, 0.6) is 0 Å². The van der Waals surface area contributed by atoms with Gasteiger partial charge < -0.3 is 4.43 Å². The molecule has 0 unspecified atom stereocenters. The SMILES string of the molecule is C#CCO[Si]C. The highest BCUT2D eigenvalue weighted by atomic mass is 28.2. The van der Waals surface area contributed by atoms with Gasteiger partial charge >= 0.3 is 0 Å². The van der Waals surface area contributed by atoms with E-state index >= 15 is 0 Å². The van der Waals surface area contributed by atoms with Gasteiger partial charge in [-0.25, -0.2) is 0 Å². The lowest BCUT2D eigenvalue weighted by Crippen LogP contribution is -1.91. The maximum absolute atomic E-state index is 4.84. The minimum Gasteiger partial charge on any atom is -0.407 e. The standard InChI is InChI=1S/C4H6OSi/c1-3-4-5-6-2/h1H,4H2,2H3. The summed E-state index contributed by atoms with van der Waals surface area (Å²) in [4.78, 5) is 0. The molecule has 1 nitrogen and oxygen atoms in total. The van der Waals surface area contributed by atoms with Gasteiger partial charge in [-0.2, -0.15) is 0 Å². The van der Waals surface area contributed by atoms with Crippen molar-refractivity contribution in [2.45, 2.75) is 6.55 Å². The molecule has 0 saturated carbocycles. The number of terminal acetylenes is 1. The van der Waals surface area contributed by atoms with E-state index in [-0.39, 0.29) is 0 Å². The number of hydrogen-bond acceptors (Lipinski definition) is 1. The Labute approximate surface area is 40.6 Å². The highest BCUT2D eigenvalue weighted by Gasteiger charge is 1.71. The normalized spacial score (nSPS) is 7.33. The molecular weight excluding hydrogens is 92.1 g/mol. The van der Waals surface area contributed by atoms with Gasteiger partial charge in [0.05, 0.1) is 6.61 Å². The van der Waals surface area contributed by atoms with Gasteiger partial charge in [-0.15, -0.1) is 6.42 Å². The highest BCUT2D eigenvalue weighted by molar-refractivity contribution is 6.24. The third kappa shape index (κ3) is 3.74. The maximum atomic E-state index is 4.84. The van der Waals surface area contributed by atoms with Crippen LogP contribution in [0.3, 0.4) is 0 Å². The number of rotatable bonds is 2. The molecule has 0 aromatic heterocycles. The second-order valence-electron chi connectivity index (χ2n) is 0.697. The highest BCUT2D eigenvalue weighted by Crippen LogP contribution is 1.62. The fourth-order valence-electron chi connectivity index (χ4n) is 0.114. The van der Waals surface area contributed by atoms with Crippen LogP contribution in [0.15, 0.2) is 0 Å². The van der Waals surface area contributed by atoms with Crippen molar-refractivity contribution in [3.05, 3.63) is 0 Å². The summed E-state index contributed by atoms with van der Waals surface area (Å²) in [7, 11) is 0.522. The van der Waals surface area contributed by atoms with E-state index in [1.54, 1.807) is 0 Å². The zero-order chi connectivity index (χ0) is 4.83. The Hall–Kier alpha value is -0.263. The Morgan fingerprint density at radius 1 is 2.00 bits per heavy atom. The van der Waals surface area contributed by atoms with E-state index in [0.717, 1.165) is 0 Å². The van der Waals surface area contributed by atoms with Gasteiger partial charge in [0.2, 0.25) is 9.76 Å². The summed E-state index contributed by atoms with van der Waals surface area (Å²) in [5.74, 6) is 2.35. The Bertz CT molecular complexity index is 55.1. The molecule has 0 aliphatic heterocycles. The Morgan fingerprint density at radius 2 is 2.67 bits per heavy atom. The predicted octanol–water partition coefficient (Wildman–Crippen LogP) is 0.303. The monoisotopic (exact) mass is 98.0 g/mol. The van der Waals surface area contributed by atoms with Crippen molar-refractivity contribution in [3.63, 3.8) is 0 Å². The van der Waals surface area contributed by atoms with E-state index in [1.165, 1.54) is 0 Å². The zero-order valence-corrected chi connectivity index (χ0v) is 4.69. The molecule has 0 spiro atoms. The van der Waals surface area contributed by atoms with Crippen molar-refractivity contribution in [3.8, 4) is 12.3 Å². The number of hydrogen-bond donors (Lipinski definition) is 0. The first-order chi connectivity index (χ1) is 2.91. The third-order valence-electron chi connectivity index (χ3n) is 0.300. The van der Waals surface area contributed by atoms with Crippen molar-refractivity contribution in [2.75, 3.05) is 6.61 Å². The summed E-state index contributed by atoms with van der Waals surface area (Å²) in [6.07, 6.45) is 4.84. The van der Waals surface area contributed by atoms with Crippen LogP contribution in [0, 0.1) is 12.3 Å². The first-order valence-electron chi connectivity index (χ1n) is 1.64. The first kappa shape index (κ1) is 5.74. The Balaban J connectivity index is 2.54. The van der Waals surface area contributed by atoms with Crippen LogP contribution in [0.2, 0.25) is 6.55 Å². The van der Waals surface area contributed by atoms with Gasteiger partial charge in [-0.1, -0.05) is 5.92 Å². The predicted molar refractivity (Wildman–Crippen MR) is 26.4 cm³/mol. The topological polar surface area (TPSA) is 9.23 Å². The summed E-state index contributed by atoms with van der Waals surface area (Å²) in [5.41, 5.74) is 0. The molecule has 0 aromatic rings. The summed E-state index contributed by atoms with van der Waals surface area (Å²) in [6, 6.07) is 0. The fraction of sp³-hybridized carbons (Fsp3) is 0.500. The minimum absolute atomic E-state index is 0.453. The molecular formula is C4H6OSi. The molecule has 6 heavy (non-hydrogen) atoms. The lowest BCUT2D eigenvalue weighted by molar-refractivity contribution is 0.397. The van der Waals surface area contributed by atoms with E-state index < -0.39 is 0 Å². The smallest absolute Gasteiger partial charge is 0.227 e. The largest absolute Gasteiger partial charge is 0.407 e. The molecule has 0 aromatic carbocycles. The summed E-state index contributed by atoms with van der Waals surface area (Å²) in [5, 5.41) is 0. The molecule has 0 bridgehead atoms. The minimum atomic E-state index is 0.453. The van der Waals surface area contributed by atoms with E-state index in [1.807, 2.05) is 6.55 Å². The van der Waals surface area contributed by atoms with E-state index in [4.69, 9.17) is 10.8 Å². The van der Waals surface area contributed by atoms with Crippen LogP contribution in [0.25, 0.3) is 0 Å². The van der Waals surface area contributed by atoms with Crippen molar-refractivity contribution in [1.82, 2.24) is 0 Å². The van der Waals surface area contributed by atoms with Gasteiger partial charge in [0.1, 0.15) is 0 Å². The first-order valence-corrected chi connectivity index (χ1v) is 3.04. The Morgan fingerprint density at radius 3 is 2.83 bits per heavy atom. The van der Waals surface area contributed by atoms with Crippen LogP contribution in [0.1, 0.15) is 0 Å². The fourth-order valence-corrected chi connectivity index (χ4v) is 0.342. The van der Waals surface area contributed by atoms with Gasteiger partial charge in [0.15, 0.2) is 0 Å². The average molecular weight is 98.2 g/mol.